The van der Waals surface area contributed by atoms with E-state index in [1.807, 2.05) is 25.1 Å². The van der Waals surface area contributed by atoms with Crippen molar-refractivity contribution >= 4 is 12.0 Å². The number of benzene rings is 1. The number of hydrogen-bond donors (Lipinski definition) is 2. The summed E-state index contributed by atoms with van der Waals surface area (Å²) in [7, 11) is 1.66. The van der Waals surface area contributed by atoms with Crippen molar-refractivity contribution in [2.45, 2.75) is 19.4 Å². The van der Waals surface area contributed by atoms with E-state index in [4.69, 9.17) is 5.11 Å². The van der Waals surface area contributed by atoms with Crippen LogP contribution in [0.5, 0.6) is 0 Å². The molecule has 0 aliphatic heterocycles. The minimum absolute atomic E-state index is 0.132. The Labute approximate surface area is 106 Å². The van der Waals surface area contributed by atoms with E-state index in [1.54, 1.807) is 19.2 Å². The monoisotopic (exact) mass is 250 g/mol. The van der Waals surface area contributed by atoms with Gasteiger partial charge in [0.15, 0.2) is 0 Å². The van der Waals surface area contributed by atoms with Crippen LogP contribution in [0, 0.1) is 0 Å². The third-order valence-corrected chi connectivity index (χ3v) is 2.70. The Bertz CT molecular complexity index is 406. The van der Waals surface area contributed by atoms with Crippen molar-refractivity contribution in [2.75, 3.05) is 13.6 Å². The number of amides is 2. The third kappa shape index (κ3) is 4.08. The van der Waals surface area contributed by atoms with Crippen LogP contribution >= 0.6 is 0 Å². The van der Waals surface area contributed by atoms with E-state index in [0.717, 1.165) is 5.56 Å². The normalized spacial score (nSPS) is 11.7. The lowest BCUT2D eigenvalue weighted by Crippen LogP contribution is -2.39. The summed E-state index contributed by atoms with van der Waals surface area (Å²) in [5.41, 5.74) is 0.790. The largest absolute Gasteiger partial charge is 0.481 e. The fraction of sp³-hybridized carbons (Fsp3) is 0.385. The zero-order chi connectivity index (χ0) is 13.5. The van der Waals surface area contributed by atoms with Crippen molar-refractivity contribution in [3.8, 4) is 0 Å². The van der Waals surface area contributed by atoms with Gasteiger partial charge in [-0.1, -0.05) is 30.3 Å². The maximum absolute atomic E-state index is 11.8. The fourth-order valence-corrected chi connectivity index (χ4v) is 1.52. The molecule has 0 heterocycles. The van der Waals surface area contributed by atoms with Crippen LogP contribution in [0.25, 0.3) is 0 Å². The van der Waals surface area contributed by atoms with Gasteiger partial charge >= 0.3 is 12.0 Å². The van der Waals surface area contributed by atoms with Crippen molar-refractivity contribution in [3.63, 3.8) is 0 Å². The molecule has 0 spiro atoms. The molecule has 5 heteroatoms. The lowest BCUT2D eigenvalue weighted by Gasteiger charge is -2.22. The molecule has 1 aromatic rings. The average molecular weight is 250 g/mol. The van der Waals surface area contributed by atoms with Crippen LogP contribution < -0.4 is 5.32 Å². The fourth-order valence-electron chi connectivity index (χ4n) is 1.52. The van der Waals surface area contributed by atoms with E-state index in [1.165, 1.54) is 4.90 Å². The molecule has 18 heavy (non-hydrogen) atoms. The van der Waals surface area contributed by atoms with E-state index in [0.29, 0.717) is 6.54 Å². The summed E-state index contributed by atoms with van der Waals surface area (Å²) in [5, 5.41) is 11.6. The van der Waals surface area contributed by atoms with Crippen molar-refractivity contribution in [1.82, 2.24) is 10.2 Å². The molecule has 1 aromatic carbocycles. The highest BCUT2D eigenvalue weighted by Gasteiger charge is 2.19. The summed E-state index contributed by atoms with van der Waals surface area (Å²) in [6.45, 7) is 2.43. The van der Waals surface area contributed by atoms with Gasteiger partial charge in [-0.3, -0.25) is 4.79 Å². The number of carbonyl (C=O) groups is 2. The highest BCUT2D eigenvalue weighted by atomic mass is 16.4. The van der Waals surface area contributed by atoms with Crippen molar-refractivity contribution in [3.05, 3.63) is 35.9 Å². The van der Waals surface area contributed by atoms with Crippen LogP contribution in [-0.4, -0.2) is 35.6 Å². The number of aliphatic carboxylic acids is 1. The van der Waals surface area contributed by atoms with Crippen LogP contribution in [0.3, 0.4) is 0 Å². The molecule has 0 fully saturated rings. The van der Waals surface area contributed by atoms with Gasteiger partial charge in [-0.15, -0.1) is 0 Å². The van der Waals surface area contributed by atoms with Gasteiger partial charge in [0.25, 0.3) is 0 Å². The summed E-state index contributed by atoms with van der Waals surface area (Å²) in [5.74, 6) is -0.941. The van der Waals surface area contributed by atoms with E-state index in [2.05, 4.69) is 5.32 Å². The molecule has 5 nitrogen and oxygen atoms in total. The van der Waals surface area contributed by atoms with Gasteiger partial charge in [-0.05, 0) is 12.5 Å². The highest BCUT2D eigenvalue weighted by Crippen LogP contribution is 2.16. The predicted octanol–water partition coefficient (Wildman–Crippen LogP) is 1.86. The highest BCUT2D eigenvalue weighted by molar-refractivity contribution is 5.76. The maximum Gasteiger partial charge on any atom is 0.317 e. The van der Waals surface area contributed by atoms with Crippen LogP contribution in [0.2, 0.25) is 0 Å². The van der Waals surface area contributed by atoms with Gasteiger partial charge in [0.1, 0.15) is 0 Å². The van der Waals surface area contributed by atoms with Gasteiger partial charge in [0.2, 0.25) is 0 Å². The smallest absolute Gasteiger partial charge is 0.317 e. The lowest BCUT2D eigenvalue weighted by molar-refractivity contribution is -0.137. The number of carboxylic acids is 1. The topological polar surface area (TPSA) is 69.6 Å². The lowest BCUT2D eigenvalue weighted by atomic mass is 10.0. The average Bonchev–Trinajstić information content (AvgIpc) is 2.37. The van der Waals surface area contributed by atoms with E-state index < -0.39 is 12.0 Å². The Kier molecular flexibility index (Phi) is 5.17. The first-order chi connectivity index (χ1) is 8.54. The predicted molar refractivity (Wildman–Crippen MR) is 68.3 cm³/mol. The SMILES string of the molecule is CCN(C)C(=O)NC(CC(=O)O)c1ccccc1. The molecule has 1 atom stereocenters. The molecule has 0 aliphatic carbocycles. The molecule has 1 rings (SSSR count). The van der Waals surface area contributed by atoms with Crippen LogP contribution in [0.4, 0.5) is 4.79 Å². The van der Waals surface area contributed by atoms with Gasteiger partial charge < -0.3 is 15.3 Å². The number of hydrogen-bond acceptors (Lipinski definition) is 2. The molecule has 98 valence electrons. The number of urea groups is 1. The number of carbonyl (C=O) groups excluding carboxylic acids is 1. The zero-order valence-electron chi connectivity index (χ0n) is 10.6. The molecule has 2 N–H and O–H groups in total. The first-order valence-corrected chi connectivity index (χ1v) is 5.83. The molecule has 0 saturated carbocycles. The molecule has 0 radical (unpaired) electrons. The Morgan fingerprint density at radius 2 is 1.94 bits per heavy atom. The molecule has 0 bridgehead atoms. The Balaban J connectivity index is 2.80. The summed E-state index contributed by atoms with van der Waals surface area (Å²) in [6.07, 6.45) is -0.132. The van der Waals surface area contributed by atoms with Crippen LogP contribution in [0.15, 0.2) is 30.3 Å². The minimum Gasteiger partial charge on any atom is -0.481 e. The van der Waals surface area contributed by atoms with Crippen molar-refractivity contribution in [2.24, 2.45) is 0 Å². The molecular weight excluding hydrogens is 232 g/mol. The van der Waals surface area contributed by atoms with E-state index >= 15 is 0 Å². The number of nitrogens with zero attached hydrogens (tertiary/aromatic N) is 1. The zero-order valence-corrected chi connectivity index (χ0v) is 10.6. The van der Waals surface area contributed by atoms with Crippen molar-refractivity contribution < 1.29 is 14.7 Å². The van der Waals surface area contributed by atoms with Crippen LogP contribution in [-0.2, 0) is 4.79 Å². The second kappa shape index (κ2) is 6.64. The number of carboxylic acid groups (broad SMARTS) is 1. The molecule has 2 amide bonds. The standard InChI is InChI=1S/C13H18N2O3/c1-3-15(2)13(18)14-11(9-12(16)17)10-7-5-4-6-8-10/h4-8,11H,3,9H2,1-2H3,(H,14,18)(H,16,17). The van der Waals surface area contributed by atoms with E-state index in [9.17, 15) is 9.59 Å². The molecule has 0 aliphatic rings. The molecule has 0 aromatic heterocycles. The maximum atomic E-state index is 11.8. The second-order valence-electron chi connectivity index (χ2n) is 4.02. The summed E-state index contributed by atoms with van der Waals surface area (Å²) < 4.78 is 0. The van der Waals surface area contributed by atoms with Gasteiger partial charge in [0, 0.05) is 13.6 Å². The van der Waals surface area contributed by atoms with E-state index in [-0.39, 0.29) is 12.5 Å². The minimum atomic E-state index is -0.941. The molecule has 0 saturated heterocycles. The molecule has 1 unspecified atom stereocenters. The van der Waals surface area contributed by atoms with Gasteiger partial charge in [0.05, 0.1) is 12.5 Å². The molecular formula is C13H18N2O3. The first kappa shape index (κ1) is 14.0. The third-order valence-electron chi connectivity index (χ3n) is 2.70. The van der Waals surface area contributed by atoms with Gasteiger partial charge in [-0.2, -0.15) is 0 Å². The summed E-state index contributed by atoms with van der Waals surface area (Å²) in [4.78, 5) is 24.1. The number of rotatable bonds is 5. The second-order valence-corrected chi connectivity index (χ2v) is 4.02. The summed E-state index contributed by atoms with van der Waals surface area (Å²) >= 11 is 0. The van der Waals surface area contributed by atoms with Gasteiger partial charge in [-0.25, -0.2) is 4.79 Å². The first-order valence-electron chi connectivity index (χ1n) is 5.83. The Morgan fingerprint density at radius 1 is 1.33 bits per heavy atom. The number of nitrogens with one attached hydrogen (secondary N) is 1. The van der Waals surface area contributed by atoms with Crippen LogP contribution in [0.1, 0.15) is 24.9 Å². The quantitative estimate of drug-likeness (QED) is 0.838. The Morgan fingerprint density at radius 3 is 2.44 bits per heavy atom. The Hall–Kier alpha value is -2.04. The van der Waals surface area contributed by atoms with Crippen molar-refractivity contribution in [1.29, 1.82) is 0 Å². The summed E-state index contributed by atoms with van der Waals surface area (Å²) in [6, 6.07) is 8.32.